The maximum Gasteiger partial charge on any atom is 0.278 e. The van der Waals surface area contributed by atoms with E-state index in [2.05, 4.69) is 10.3 Å². The molecule has 7 nitrogen and oxygen atoms in total. The number of aliphatic hydroxyl groups is 2. The standard InChI is InChI=1S/C13H15N3O4/c1-13(7-17,8-18)15-11-2-3-12(16(19)20)10-6-14-5-4-9(10)11/h2-6,15,17-18H,7-8H2,1H3. The fourth-order valence-electron chi connectivity index (χ4n) is 1.90. The first-order valence-electron chi connectivity index (χ1n) is 6.02. The van der Waals surface area contributed by atoms with Gasteiger partial charge in [0.25, 0.3) is 5.69 Å². The molecule has 0 spiro atoms. The van der Waals surface area contributed by atoms with Gasteiger partial charge in [-0.05, 0) is 19.1 Å². The molecule has 2 rings (SSSR count). The lowest BCUT2D eigenvalue weighted by atomic mass is 10.0. The Kier molecular flexibility index (Phi) is 3.82. The minimum absolute atomic E-state index is 0.0339. The van der Waals surface area contributed by atoms with E-state index in [1.807, 2.05) is 0 Å². The fraction of sp³-hybridized carbons (Fsp3) is 0.308. The Morgan fingerprint density at radius 2 is 2.00 bits per heavy atom. The van der Waals surface area contributed by atoms with Gasteiger partial charge in [0.05, 0.1) is 29.1 Å². The third-order valence-electron chi connectivity index (χ3n) is 3.13. The summed E-state index contributed by atoms with van der Waals surface area (Å²) in [6.07, 6.45) is 2.96. The van der Waals surface area contributed by atoms with Crippen LogP contribution >= 0.6 is 0 Å². The molecular formula is C13H15N3O4. The number of nitrogens with one attached hydrogen (secondary N) is 1. The molecule has 7 heteroatoms. The van der Waals surface area contributed by atoms with Gasteiger partial charge in [-0.15, -0.1) is 0 Å². The molecule has 0 aliphatic carbocycles. The minimum atomic E-state index is -0.910. The largest absolute Gasteiger partial charge is 0.394 e. The highest BCUT2D eigenvalue weighted by molar-refractivity contribution is 5.99. The van der Waals surface area contributed by atoms with Crippen LogP contribution in [0.15, 0.2) is 30.6 Å². The molecule has 0 atom stereocenters. The predicted octanol–water partition coefficient (Wildman–Crippen LogP) is 1.30. The number of nitro groups is 1. The SMILES string of the molecule is CC(CO)(CO)Nc1ccc([N+](=O)[O-])c2cnccc12. The predicted molar refractivity (Wildman–Crippen MR) is 74.6 cm³/mol. The second-order valence-corrected chi connectivity index (χ2v) is 4.81. The van der Waals surface area contributed by atoms with Crippen molar-refractivity contribution in [3.05, 3.63) is 40.7 Å². The molecule has 0 radical (unpaired) electrons. The lowest BCUT2D eigenvalue weighted by molar-refractivity contribution is -0.383. The number of nitrogens with zero attached hydrogens (tertiary/aromatic N) is 2. The Bertz CT molecular complexity index is 641. The zero-order chi connectivity index (χ0) is 14.8. The van der Waals surface area contributed by atoms with Crippen LogP contribution in [0.1, 0.15) is 6.92 Å². The number of non-ortho nitro benzene ring substituents is 1. The topological polar surface area (TPSA) is 109 Å². The van der Waals surface area contributed by atoms with E-state index in [0.29, 0.717) is 16.5 Å². The molecule has 0 bridgehead atoms. The first-order chi connectivity index (χ1) is 9.50. The monoisotopic (exact) mass is 277 g/mol. The van der Waals surface area contributed by atoms with Gasteiger partial charge in [-0.2, -0.15) is 0 Å². The van der Waals surface area contributed by atoms with Crippen LogP contribution in [0.25, 0.3) is 10.8 Å². The lowest BCUT2D eigenvalue weighted by Gasteiger charge is -2.28. The zero-order valence-corrected chi connectivity index (χ0v) is 10.9. The Morgan fingerprint density at radius 1 is 1.30 bits per heavy atom. The molecular weight excluding hydrogens is 262 g/mol. The Labute approximate surface area is 115 Å². The van der Waals surface area contributed by atoms with E-state index in [9.17, 15) is 20.3 Å². The first-order valence-corrected chi connectivity index (χ1v) is 6.02. The van der Waals surface area contributed by atoms with E-state index in [4.69, 9.17) is 0 Å². The quantitative estimate of drug-likeness (QED) is 0.561. The summed E-state index contributed by atoms with van der Waals surface area (Å²) in [6.45, 7) is 1.11. The zero-order valence-electron chi connectivity index (χ0n) is 10.9. The molecule has 0 saturated heterocycles. The van der Waals surface area contributed by atoms with E-state index in [-0.39, 0.29) is 18.9 Å². The van der Waals surface area contributed by atoms with Crippen molar-refractivity contribution in [2.24, 2.45) is 0 Å². The molecule has 0 aliphatic rings. The summed E-state index contributed by atoms with van der Waals surface area (Å²) in [4.78, 5) is 14.4. The molecule has 20 heavy (non-hydrogen) atoms. The van der Waals surface area contributed by atoms with E-state index >= 15 is 0 Å². The normalized spacial score (nSPS) is 11.6. The smallest absolute Gasteiger partial charge is 0.278 e. The van der Waals surface area contributed by atoms with Gasteiger partial charge in [-0.3, -0.25) is 15.1 Å². The van der Waals surface area contributed by atoms with Crippen LogP contribution < -0.4 is 5.32 Å². The Hall–Kier alpha value is -2.25. The maximum atomic E-state index is 11.0. The third-order valence-corrected chi connectivity index (χ3v) is 3.13. The molecule has 1 aromatic heterocycles. The van der Waals surface area contributed by atoms with Crippen molar-refractivity contribution in [1.82, 2.24) is 4.98 Å². The number of aliphatic hydroxyl groups excluding tert-OH is 2. The number of hydrogen-bond donors (Lipinski definition) is 3. The maximum absolute atomic E-state index is 11.0. The minimum Gasteiger partial charge on any atom is -0.394 e. The van der Waals surface area contributed by atoms with Gasteiger partial charge in [-0.1, -0.05) is 0 Å². The van der Waals surface area contributed by atoms with Crippen LogP contribution in [-0.4, -0.2) is 38.9 Å². The molecule has 0 unspecified atom stereocenters. The second-order valence-electron chi connectivity index (χ2n) is 4.81. The van der Waals surface area contributed by atoms with Gasteiger partial charge >= 0.3 is 0 Å². The summed E-state index contributed by atoms with van der Waals surface area (Å²) in [5.41, 5.74) is -0.348. The van der Waals surface area contributed by atoms with Crippen molar-refractivity contribution in [3.8, 4) is 0 Å². The van der Waals surface area contributed by atoms with Crippen LogP contribution in [0.5, 0.6) is 0 Å². The molecule has 3 N–H and O–H groups in total. The number of fused-ring (bicyclic) bond motifs is 1. The number of nitro benzene ring substituents is 1. The van der Waals surface area contributed by atoms with Crippen molar-refractivity contribution in [1.29, 1.82) is 0 Å². The number of anilines is 1. The average Bonchev–Trinajstić information content (AvgIpc) is 2.47. The Morgan fingerprint density at radius 3 is 2.60 bits per heavy atom. The molecule has 0 fully saturated rings. The number of aromatic nitrogens is 1. The average molecular weight is 277 g/mol. The molecule has 0 saturated carbocycles. The van der Waals surface area contributed by atoms with Crippen molar-refractivity contribution < 1.29 is 15.1 Å². The van der Waals surface area contributed by atoms with Crippen molar-refractivity contribution >= 4 is 22.1 Å². The first kappa shape index (κ1) is 14.2. The third kappa shape index (κ3) is 2.54. The van der Waals surface area contributed by atoms with E-state index < -0.39 is 10.5 Å². The van der Waals surface area contributed by atoms with Gasteiger partial charge < -0.3 is 15.5 Å². The highest BCUT2D eigenvalue weighted by Gasteiger charge is 2.24. The molecule has 0 aliphatic heterocycles. The van der Waals surface area contributed by atoms with Crippen molar-refractivity contribution in [2.75, 3.05) is 18.5 Å². The summed E-state index contributed by atoms with van der Waals surface area (Å²) in [7, 11) is 0. The summed E-state index contributed by atoms with van der Waals surface area (Å²) < 4.78 is 0. The summed E-state index contributed by atoms with van der Waals surface area (Å²) in [5, 5.41) is 33.7. The lowest BCUT2D eigenvalue weighted by Crippen LogP contribution is -2.42. The molecule has 1 heterocycles. The summed E-state index contributed by atoms with van der Waals surface area (Å²) >= 11 is 0. The molecule has 1 aromatic carbocycles. The highest BCUT2D eigenvalue weighted by atomic mass is 16.6. The van der Waals surface area contributed by atoms with Crippen molar-refractivity contribution in [2.45, 2.75) is 12.5 Å². The van der Waals surface area contributed by atoms with Gasteiger partial charge in [0.1, 0.15) is 0 Å². The van der Waals surface area contributed by atoms with Crippen molar-refractivity contribution in [3.63, 3.8) is 0 Å². The summed E-state index contributed by atoms with van der Waals surface area (Å²) in [5.74, 6) is 0. The van der Waals surface area contributed by atoms with Gasteiger partial charge in [0, 0.05) is 29.5 Å². The van der Waals surface area contributed by atoms with Crippen LogP contribution in [0.2, 0.25) is 0 Å². The van der Waals surface area contributed by atoms with E-state index in [1.54, 1.807) is 19.1 Å². The number of pyridine rings is 1. The number of hydrogen-bond acceptors (Lipinski definition) is 6. The second kappa shape index (κ2) is 5.40. The number of rotatable bonds is 5. The summed E-state index contributed by atoms with van der Waals surface area (Å²) in [6, 6.07) is 4.59. The Balaban J connectivity index is 2.56. The fourth-order valence-corrected chi connectivity index (χ4v) is 1.90. The van der Waals surface area contributed by atoms with E-state index in [0.717, 1.165) is 0 Å². The van der Waals surface area contributed by atoms with Gasteiger partial charge in [0.2, 0.25) is 0 Å². The molecule has 2 aromatic rings. The van der Waals surface area contributed by atoms with Crippen LogP contribution in [0.4, 0.5) is 11.4 Å². The van der Waals surface area contributed by atoms with Crippen LogP contribution in [0, 0.1) is 10.1 Å². The van der Waals surface area contributed by atoms with Crippen LogP contribution in [-0.2, 0) is 0 Å². The van der Waals surface area contributed by atoms with Gasteiger partial charge in [0.15, 0.2) is 0 Å². The van der Waals surface area contributed by atoms with E-state index in [1.165, 1.54) is 18.5 Å². The molecule has 106 valence electrons. The molecule has 0 amide bonds. The number of benzene rings is 1. The van der Waals surface area contributed by atoms with Gasteiger partial charge in [-0.25, -0.2) is 0 Å². The highest BCUT2D eigenvalue weighted by Crippen LogP contribution is 2.32. The van der Waals surface area contributed by atoms with Crippen LogP contribution in [0.3, 0.4) is 0 Å².